The van der Waals surface area contributed by atoms with Gasteiger partial charge in [0.25, 0.3) is 11.8 Å². The van der Waals surface area contributed by atoms with E-state index in [1.54, 1.807) is 66.1 Å². The summed E-state index contributed by atoms with van der Waals surface area (Å²) < 4.78 is 5.81. The molecule has 1 unspecified atom stereocenters. The molecule has 1 aliphatic heterocycles. The summed E-state index contributed by atoms with van der Waals surface area (Å²) >= 11 is 1.11. The van der Waals surface area contributed by atoms with Gasteiger partial charge in [0.05, 0.1) is 11.1 Å². The number of carbonyl (C=O) groups excluding carboxylic acids is 3. The Labute approximate surface area is 293 Å². The second kappa shape index (κ2) is 16.5. The first-order valence-corrected chi connectivity index (χ1v) is 16.8. The number of thioether (sulfide) groups is 1. The van der Waals surface area contributed by atoms with Gasteiger partial charge in [-0.25, -0.2) is 10.5 Å². The molecule has 254 valence electrons. The van der Waals surface area contributed by atoms with Crippen LogP contribution in [0.1, 0.15) is 73.5 Å². The maximum absolute atomic E-state index is 13.1. The number of carbonyl (C=O) groups is 3. The van der Waals surface area contributed by atoms with Gasteiger partial charge in [-0.3, -0.25) is 19.6 Å². The quantitative estimate of drug-likeness (QED) is 0.0912. The predicted octanol–water partition coefficient (Wildman–Crippen LogP) is 4.80. The second-order valence-electron chi connectivity index (χ2n) is 11.5. The van der Waals surface area contributed by atoms with Crippen molar-refractivity contribution in [3.05, 3.63) is 118 Å². The van der Waals surface area contributed by atoms with Crippen LogP contribution in [0.25, 0.3) is 0 Å². The highest BCUT2D eigenvalue weighted by Crippen LogP contribution is 2.40. The molecule has 2 heterocycles. The van der Waals surface area contributed by atoms with E-state index < -0.39 is 17.1 Å². The van der Waals surface area contributed by atoms with Gasteiger partial charge >= 0.3 is 0 Å². The number of benzene rings is 3. The minimum Gasteiger partial charge on any atom is -0.489 e. The summed E-state index contributed by atoms with van der Waals surface area (Å²) in [7, 11) is 0. The van der Waals surface area contributed by atoms with Crippen molar-refractivity contribution in [3.63, 3.8) is 0 Å². The lowest BCUT2D eigenvalue weighted by atomic mass is 9.99. The van der Waals surface area contributed by atoms with Crippen molar-refractivity contribution < 1.29 is 24.3 Å². The molecule has 5 N–H and O–H groups in total. The van der Waals surface area contributed by atoms with Gasteiger partial charge in [-0.05, 0) is 72.4 Å². The minimum atomic E-state index is -0.774. The highest BCUT2D eigenvalue weighted by molar-refractivity contribution is 8.00. The van der Waals surface area contributed by atoms with E-state index in [9.17, 15) is 24.9 Å². The molecule has 4 aromatic rings. The number of nitriles is 2. The Bertz CT molecular complexity index is 1930. The Hall–Kier alpha value is -5.89. The van der Waals surface area contributed by atoms with Gasteiger partial charge in [0.15, 0.2) is 0 Å². The molecule has 1 aromatic heterocycles. The number of hydrogen-bond donors (Lipinski definition) is 4. The Morgan fingerprint density at radius 3 is 2.16 bits per heavy atom. The second-order valence-corrected chi connectivity index (χ2v) is 12.6. The molecule has 13 heteroatoms. The van der Waals surface area contributed by atoms with Gasteiger partial charge in [0.2, 0.25) is 5.91 Å². The first kappa shape index (κ1) is 35.4. The van der Waals surface area contributed by atoms with Gasteiger partial charge in [-0.2, -0.15) is 10.5 Å². The number of hydrogen-bond acceptors (Lipinski definition) is 10. The Morgan fingerprint density at radius 1 is 0.960 bits per heavy atom. The smallest absolute Gasteiger partial charge is 0.274 e. The van der Waals surface area contributed by atoms with E-state index in [-0.39, 0.29) is 24.1 Å². The van der Waals surface area contributed by atoms with Crippen LogP contribution in [0.4, 0.5) is 5.82 Å². The number of primary amides is 1. The molecule has 1 aliphatic rings. The standard InChI is InChI=1S/C37H35N7O5S/c1-2-29-30(20-38)34(42-37(31(29)21-39)50-32(33(40)45)24-6-4-3-5-7-24)44-18-16-27(17-19-44)41-35(46)25-12-14-28(15-13-25)49-22-23-8-10-26(11-9-23)36(47)43-48/h3-15,27,32,48H,2,16-19,22H2,1H3,(H2,40,45)(H,41,46)(H,43,47). The summed E-state index contributed by atoms with van der Waals surface area (Å²) in [4.78, 5) is 43.9. The van der Waals surface area contributed by atoms with Gasteiger partial charge < -0.3 is 20.7 Å². The summed E-state index contributed by atoms with van der Waals surface area (Å²) in [6.45, 7) is 3.16. The average molecular weight is 690 g/mol. The van der Waals surface area contributed by atoms with E-state index >= 15 is 0 Å². The normalized spacial score (nSPS) is 13.4. The molecule has 1 atom stereocenters. The molecule has 0 radical (unpaired) electrons. The van der Waals surface area contributed by atoms with Crippen molar-refractivity contribution in [1.29, 1.82) is 10.5 Å². The highest BCUT2D eigenvalue weighted by atomic mass is 32.2. The lowest BCUT2D eigenvalue weighted by Gasteiger charge is -2.34. The van der Waals surface area contributed by atoms with E-state index in [1.807, 2.05) is 30.0 Å². The Kier molecular flexibility index (Phi) is 11.7. The molecule has 0 saturated carbocycles. The SMILES string of the molecule is CCc1c(C#N)c(SC(C(N)=O)c2ccccc2)nc(N2CCC(NC(=O)c3ccc(OCc4ccc(C(=O)NO)cc4)cc3)CC2)c1C#N. The first-order valence-electron chi connectivity index (χ1n) is 16.0. The molecule has 0 bridgehead atoms. The van der Waals surface area contributed by atoms with Crippen LogP contribution in [-0.4, -0.2) is 47.0 Å². The molecule has 0 aliphatic carbocycles. The molecule has 3 amide bonds. The monoisotopic (exact) mass is 689 g/mol. The third-order valence-corrected chi connectivity index (χ3v) is 9.64. The van der Waals surface area contributed by atoms with Crippen LogP contribution in [0.2, 0.25) is 0 Å². The zero-order valence-corrected chi connectivity index (χ0v) is 28.1. The molecule has 5 rings (SSSR count). The van der Waals surface area contributed by atoms with Gasteiger partial charge in [-0.15, -0.1) is 0 Å². The fourth-order valence-electron chi connectivity index (χ4n) is 5.72. The number of nitrogens with zero attached hydrogens (tertiary/aromatic N) is 4. The third kappa shape index (κ3) is 8.21. The van der Waals surface area contributed by atoms with Crippen molar-refractivity contribution in [3.8, 4) is 17.9 Å². The summed E-state index contributed by atoms with van der Waals surface area (Å²) in [6, 6.07) is 26.8. The zero-order chi connectivity index (χ0) is 35.6. The van der Waals surface area contributed by atoms with E-state index in [0.29, 0.717) is 76.8 Å². The topological polar surface area (TPSA) is 194 Å². The third-order valence-electron chi connectivity index (χ3n) is 8.39. The molecular formula is C37H35N7O5S. The van der Waals surface area contributed by atoms with E-state index in [1.165, 1.54) is 0 Å². The first-order chi connectivity index (χ1) is 24.3. The van der Waals surface area contributed by atoms with Crippen LogP contribution in [0.3, 0.4) is 0 Å². The summed E-state index contributed by atoms with van der Waals surface area (Å²) in [5.41, 5.74) is 10.9. The number of piperidine rings is 1. The number of rotatable bonds is 12. The average Bonchev–Trinajstić information content (AvgIpc) is 3.16. The predicted molar refractivity (Wildman–Crippen MR) is 186 cm³/mol. The lowest BCUT2D eigenvalue weighted by Crippen LogP contribution is -2.45. The van der Waals surface area contributed by atoms with Crippen LogP contribution in [0.15, 0.2) is 83.9 Å². The summed E-state index contributed by atoms with van der Waals surface area (Å²) in [5.74, 6) is -0.345. The minimum absolute atomic E-state index is 0.105. The number of aromatic nitrogens is 1. The Morgan fingerprint density at radius 2 is 1.58 bits per heavy atom. The number of amides is 3. The summed E-state index contributed by atoms with van der Waals surface area (Å²) in [6.07, 6.45) is 1.64. The van der Waals surface area contributed by atoms with Gasteiger partial charge in [0.1, 0.15) is 40.6 Å². The lowest BCUT2D eigenvalue weighted by molar-refractivity contribution is -0.117. The van der Waals surface area contributed by atoms with Crippen molar-refractivity contribution in [2.24, 2.45) is 5.73 Å². The van der Waals surface area contributed by atoms with Crippen LogP contribution >= 0.6 is 11.8 Å². The van der Waals surface area contributed by atoms with Crippen LogP contribution < -0.4 is 26.2 Å². The van der Waals surface area contributed by atoms with Gasteiger partial charge in [0, 0.05) is 30.3 Å². The maximum Gasteiger partial charge on any atom is 0.274 e. The highest BCUT2D eigenvalue weighted by Gasteiger charge is 2.29. The van der Waals surface area contributed by atoms with E-state index in [4.69, 9.17) is 20.7 Å². The van der Waals surface area contributed by atoms with Crippen LogP contribution in [-0.2, 0) is 17.8 Å². The van der Waals surface area contributed by atoms with Gasteiger partial charge in [-0.1, -0.05) is 61.2 Å². The maximum atomic E-state index is 13.1. The van der Waals surface area contributed by atoms with Crippen LogP contribution in [0.5, 0.6) is 5.75 Å². The number of ether oxygens (including phenoxy) is 1. The molecule has 3 aromatic carbocycles. The van der Waals surface area contributed by atoms with Crippen molar-refractivity contribution in [2.75, 3.05) is 18.0 Å². The van der Waals surface area contributed by atoms with E-state index in [2.05, 4.69) is 17.5 Å². The van der Waals surface area contributed by atoms with Crippen molar-refractivity contribution in [1.82, 2.24) is 15.8 Å². The molecule has 50 heavy (non-hydrogen) atoms. The number of anilines is 1. The van der Waals surface area contributed by atoms with E-state index in [0.717, 1.165) is 17.3 Å². The largest absolute Gasteiger partial charge is 0.489 e. The molecular weight excluding hydrogens is 655 g/mol. The molecule has 0 spiro atoms. The summed E-state index contributed by atoms with van der Waals surface area (Å²) in [5, 5.41) is 31.7. The Balaban J connectivity index is 1.22. The zero-order valence-electron chi connectivity index (χ0n) is 27.3. The van der Waals surface area contributed by atoms with Crippen molar-refractivity contribution in [2.45, 2.75) is 49.1 Å². The number of nitrogens with two attached hydrogens (primary N) is 1. The number of hydroxylamine groups is 1. The molecule has 12 nitrogen and oxygen atoms in total. The van der Waals surface area contributed by atoms with Crippen LogP contribution in [0, 0.1) is 22.7 Å². The molecule has 1 fully saturated rings. The fourth-order valence-corrected chi connectivity index (χ4v) is 6.78. The molecule has 1 saturated heterocycles. The van der Waals surface area contributed by atoms with Crippen molar-refractivity contribution >= 4 is 35.3 Å². The number of pyridine rings is 1. The fraction of sp³-hybridized carbons (Fsp3) is 0.243. The number of nitrogens with one attached hydrogen (secondary N) is 2.